The monoisotopic (exact) mass is 292 g/mol. The van der Waals surface area contributed by atoms with Crippen molar-refractivity contribution in [3.63, 3.8) is 0 Å². The number of fused-ring (bicyclic) bond motifs is 5. The summed E-state index contributed by atoms with van der Waals surface area (Å²) in [6, 6.07) is 6.85. The molecule has 3 fully saturated rings. The van der Waals surface area contributed by atoms with E-state index in [1.54, 1.807) is 0 Å². The summed E-state index contributed by atoms with van der Waals surface area (Å²) < 4.78 is 1.05. The molecule has 0 spiro atoms. The van der Waals surface area contributed by atoms with Crippen LogP contribution in [0.1, 0.15) is 19.3 Å². The van der Waals surface area contributed by atoms with Crippen LogP contribution in [0.4, 0.5) is 11.4 Å². The maximum Gasteiger partial charge on any atom is 0.0577 e. The zero-order valence-electron chi connectivity index (χ0n) is 9.70. The van der Waals surface area contributed by atoms with Crippen molar-refractivity contribution in [2.24, 2.45) is 23.7 Å². The second kappa shape index (κ2) is 3.41. The molecule has 3 heteroatoms. The molecule has 4 unspecified atom stereocenters. The van der Waals surface area contributed by atoms with Crippen LogP contribution >= 0.6 is 15.9 Å². The normalized spacial score (nSPS) is 41.4. The lowest BCUT2D eigenvalue weighted by Crippen LogP contribution is -2.13. The van der Waals surface area contributed by atoms with Gasteiger partial charge in [0, 0.05) is 10.5 Å². The summed E-state index contributed by atoms with van der Waals surface area (Å²) in [7, 11) is 0. The van der Waals surface area contributed by atoms with Gasteiger partial charge in [-0.05, 0) is 61.1 Å². The topological polar surface area (TPSA) is 38.0 Å². The average molecular weight is 293 g/mol. The zero-order chi connectivity index (χ0) is 11.6. The van der Waals surface area contributed by atoms with Crippen LogP contribution in [0.25, 0.3) is 0 Å². The minimum Gasteiger partial charge on any atom is -0.397 e. The highest BCUT2D eigenvalue weighted by Crippen LogP contribution is 2.66. The third kappa shape index (κ3) is 1.44. The van der Waals surface area contributed by atoms with Gasteiger partial charge in [0.2, 0.25) is 0 Å². The molecule has 3 aliphatic rings. The molecular formula is C14H17BrN2. The van der Waals surface area contributed by atoms with Gasteiger partial charge in [0.15, 0.2) is 0 Å². The van der Waals surface area contributed by atoms with Crippen molar-refractivity contribution < 1.29 is 0 Å². The fourth-order valence-electron chi connectivity index (χ4n) is 4.36. The summed E-state index contributed by atoms with van der Waals surface area (Å²) in [4.78, 5) is 0. The highest BCUT2D eigenvalue weighted by atomic mass is 79.9. The van der Waals surface area contributed by atoms with Crippen LogP contribution in [0.2, 0.25) is 0 Å². The summed E-state index contributed by atoms with van der Waals surface area (Å²) in [5.41, 5.74) is 8.02. The maximum atomic E-state index is 6.04. The van der Waals surface area contributed by atoms with Crippen LogP contribution in [-0.4, -0.2) is 6.04 Å². The molecule has 17 heavy (non-hydrogen) atoms. The van der Waals surface area contributed by atoms with Gasteiger partial charge in [-0.3, -0.25) is 0 Å². The Kier molecular flexibility index (Phi) is 2.05. The number of hydrogen-bond donors (Lipinski definition) is 2. The standard InChI is InChI=1S/C14H17BrN2/c15-9-3-4-11(10(16)6-9)17-14-12-7-1-2-8(5-7)13(12)14/h3-4,6-8,12-14,17H,1-2,5,16H2. The lowest BCUT2D eigenvalue weighted by atomic mass is 10.0. The molecule has 0 heterocycles. The lowest BCUT2D eigenvalue weighted by molar-refractivity contribution is 0.456. The van der Waals surface area contributed by atoms with E-state index in [0.29, 0.717) is 6.04 Å². The molecule has 1 aromatic carbocycles. The van der Waals surface area contributed by atoms with Gasteiger partial charge < -0.3 is 11.1 Å². The number of hydrogen-bond acceptors (Lipinski definition) is 2. The highest BCUT2D eigenvalue weighted by Gasteiger charge is 2.65. The van der Waals surface area contributed by atoms with E-state index in [9.17, 15) is 0 Å². The van der Waals surface area contributed by atoms with E-state index in [4.69, 9.17) is 5.73 Å². The summed E-state index contributed by atoms with van der Waals surface area (Å²) >= 11 is 3.45. The first kappa shape index (κ1) is 10.2. The summed E-state index contributed by atoms with van der Waals surface area (Å²) in [6.07, 6.45) is 4.45. The Morgan fingerprint density at radius 3 is 2.53 bits per heavy atom. The van der Waals surface area contributed by atoms with Gasteiger partial charge in [0.1, 0.15) is 0 Å². The number of halogens is 1. The predicted octanol–water partition coefficient (Wildman–Crippen LogP) is 3.49. The quantitative estimate of drug-likeness (QED) is 0.819. The fourth-order valence-corrected chi connectivity index (χ4v) is 4.74. The smallest absolute Gasteiger partial charge is 0.0577 e. The summed E-state index contributed by atoms with van der Waals surface area (Å²) in [5.74, 6) is 3.94. The lowest BCUT2D eigenvalue weighted by Gasteiger charge is -2.13. The Hall–Kier alpha value is -0.700. The summed E-state index contributed by atoms with van der Waals surface area (Å²) in [6.45, 7) is 0. The van der Waals surface area contributed by atoms with Gasteiger partial charge in [-0.1, -0.05) is 15.9 Å². The van der Waals surface area contributed by atoms with E-state index in [0.717, 1.165) is 39.5 Å². The van der Waals surface area contributed by atoms with Crippen molar-refractivity contribution in [3.8, 4) is 0 Å². The Labute approximate surface area is 110 Å². The number of anilines is 2. The molecule has 2 bridgehead atoms. The average Bonchev–Trinajstić information content (AvgIpc) is 2.70. The second-order valence-electron chi connectivity index (χ2n) is 5.89. The van der Waals surface area contributed by atoms with Crippen molar-refractivity contribution in [1.29, 1.82) is 0 Å². The first-order valence-electron chi connectivity index (χ1n) is 6.55. The van der Waals surface area contributed by atoms with Gasteiger partial charge >= 0.3 is 0 Å². The van der Waals surface area contributed by atoms with E-state index in [1.807, 2.05) is 6.07 Å². The van der Waals surface area contributed by atoms with Crippen molar-refractivity contribution in [3.05, 3.63) is 22.7 Å². The Morgan fingerprint density at radius 2 is 1.88 bits per heavy atom. The van der Waals surface area contributed by atoms with Crippen LogP contribution in [0.5, 0.6) is 0 Å². The van der Waals surface area contributed by atoms with Crippen LogP contribution in [-0.2, 0) is 0 Å². The molecule has 90 valence electrons. The molecule has 0 saturated heterocycles. The molecule has 0 aliphatic heterocycles. The first-order chi connectivity index (χ1) is 8.24. The Morgan fingerprint density at radius 1 is 1.18 bits per heavy atom. The first-order valence-corrected chi connectivity index (χ1v) is 7.35. The third-order valence-electron chi connectivity index (χ3n) is 5.07. The molecule has 4 rings (SSSR count). The predicted molar refractivity (Wildman–Crippen MR) is 73.8 cm³/mol. The van der Waals surface area contributed by atoms with Crippen LogP contribution < -0.4 is 11.1 Å². The molecule has 0 radical (unpaired) electrons. The fraction of sp³-hybridized carbons (Fsp3) is 0.571. The zero-order valence-corrected chi connectivity index (χ0v) is 11.3. The molecule has 4 atom stereocenters. The number of benzene rings is 1. The number of rotatable bonds is 2. The minimum atomic E-state index is 0.713. The van der Waals surface area contributed by atoms with E-state index in [-0.39, 0.29) is 0 Å². The van der Waals surface area contributed by atoms with Gasteiger partial charge in [-0.2, -0.15) is 0 Å². The second-order valence-corrected chi connectivity index (χ2v) is 6.81. The largest absolute Gasteiger partial charge is 0.397 e. The molecule has 3 saturated carbocycles. The molecule has 3 aliphatic carbocycles. The van der Waals surface area contributed by atoms with Gasteiger partial charge in [0.25, 0.3) is 0 Å². The molecule has 0 aromatic heterocycles. The molecule has 0 amide bonds. The molecule has 3 N–H and O–H groups in total. The minimum absolute atomic E-state index is 0.713. The highest BCUT2D eigenvalue weighted by molar-refractivity contribution is 9.10. The molecular weight excluding hydrogens is 276 g/mol. The van der Waals surface area contributed by atoms with Gasteiger partial charge in [-0.15, -0.1) is 0 Å². The van der Waals surface area contributed by atoms with Crippen LogP contribution in [0.3, 0.4) is 0 Å². The van der Waals surface area contributed by atoms with Crippen LogP contribution in [0.15, 0.2) is 22.7 Å². The number of nitrogens with one attached hydrogen (secondary N) is 1. The number of nitrogens with two attached hydrogens (primary N) is 1. The van der Waals surface area contributed by atoms with Crippen LogP contribution in [0, 0.1) is 23.7 Å². The Bertz CT molecular complexity index is 457. The van der Waals surface area contributed by atoms with Crippen molar-refractivity contribution in [2.75, 3.05) is 11.1 Å². The summed E-state index contributed by atoms with van der Waals surface area (Å²) in [5, 5.41) is 3.67. The van der Waals surface area contributed by atoms with Crippen molar-refractivity contribution >= 4 is 27.3 Å². The Balaban J connectivity index is 1.52. The third-order valence-corrected chi connectivity index (χ3v) is 5.56. The number of nitrogen functional groups attached to an aromatic ring is 1. The SMILES string of the molecule is Nc1cc(Br)ccc1NC1C2C3CCC(C3)C12. The van der Waals surface area contributed by atoms with E-state index in [1.165, 1.54) is 19.3 Å². The van der Waals surface area contributed by atoms with Crippen molar-refractivity contribution in [1.82, 2.24) is 0 Å². The van der Waals surface area contributed by atoms with Crippen molar-refractivity contribution in [2.45, 2.75) is 25.3 Å². The molecule has 2 nitrogen and oxygen atoms in total. The maximum absolute atomic E-state index is 6.04. The van der Waals surface area contributed by atoms with E-state index in [2.05, 4.69) is 33.4 Å². The van der Waals surface area contributed by atoms with Gasteiger partial charge in [-0.25, -0.2) is 0 Å². The van der Waals surface area contributed by atoms with E-state index >= 15 is 0 Å². The van der Waals surface area contributed by atoms with E-state index < -0.39 is 0 Å². The van der Waals surface area contributed by atoms with Gasteiger partial charge in [0.05, 0.1) is 11.4 Å². The molecule has 1 aromatic rings.